The van der Waals surface area contributed by atoms with Crippen LogP contribution in [0, 0.1) is 0 Å². The zero-order valence-corrected chi connectivity index (χ0v) is 15.4. The van der Waals surface area contributed by atoms with E-state index in [0.717, 1.165) is 10.2 Å². The molecular weight excluding hydrogens is 358 g/mol. The Balaban J connectivity index is 1.81. The highest BCUT2D eigenvalue weighted by molar-refractivity contribution is 5.88. The highest BCUT2D eigenvalue weighted by atomic mass is 19.3. The Kier molecular flexibility index (Phi) is 5.20. The molecule has 0 unspecified atom stereocenters. The van der Waals surface area contributed by atoms with Crippen LogP contribution < -0.4 is 14.8 Å². The highest BCUT2D eigenvalue weighted by Gasteiger charge is 2.32. The quantitative estimate of drug-likeness (QED) is 0.883. The molecule has 7 nitrogen and oxygen atoms in total. The zero-order valence-electron chi connectivity index (χ0n) is 15.4. The van der Waals surface area contributed by atoms with Crippen LogP contribution in [-0.2, 0) is 13.1 Å². The molecule has 1 N–H and O–H groups in total. The summed E-state index contributed by atoms with van der Waals surface area (Å²) in [5, 5.41) is 6.48. The second-order valence-corrected chi connectivity index (χ2v) is 6.91. The third-order valence-corrected chi connectivity index (χ3v) is 4.14. The van der Waals surface area contributed by atoms with Crippen LogP contribution in [0.25, 0.3) is 0 Å². The summed E-state index contributed by atoms with van der Waals surface area (Å²) in [6.07, 6.45) is -1.19. The molecule has 1 aliphatic heterocycles. The van der Waals surface area contributed by atoms with Crippen LogP contribution in [0.15, 0.2) is 30.5 Å². The van der Waals surface area contributed by atoms with E-state index in [0.29, 0.717) is 24.6 Å². The van der Waals surface area contributed by atoms with Crippen molar-refractivity contribution < 1.29 is 23.0 Å². The third kappa shape index (κ3) is 4.47. The number of methoxy groups -OCH3 is 1. The largest absolute Gasteiger partial charge is 0.497 e. The predicted octanol–water partition coefficient (Wildman–Crippen LogP) is 3.36. The molecule has 1 aliphatic rings. The van der Waals surface area contributed by atoms with Crippen LogP contribution in [0.1, 0.15) is 19.4 Å². The Hall–Kier alpha value is -2.84. The van der Waals surface area contributed by atoms with Crippen molar-refractivity contribution in [3.05, 3.63) is 36.0 Å². The Morgan fingerprint density at radius 1 is 1.41 bits per heavy atom. The van der Waals surface area contributed by atoms with E-state index in [9.17, 15) is 13.6 Å². The van der Waals surface area contributed by atoms with Gasteiger partial charge in [0.25, 0.3) is 6.43 Å². The van der Waals surface area contributed by atoms with Crippen LogP contribution in [0.4, 0.5) is 19.4 Å². The molecular formula is C18H22F2N4O3. The fourth-order valence-corrected chi connectivity index (χ4v) is 2.99. The minimum atomic E-state index is -2.56. The van der Waals surface area contributed by atoms with Crippen molar-refractivity contribution >= 4 is 11.8 Å². The summed E-state index contributed by atoms with van der Waals surface area (Å²) < 4.78 is 37.6. The summed E-state index contributed by atoms with van der Waals surface area (Å²) in [7, 11) is 1.58. The molecule has 146 valence electrons. The molecule has 0 bridgehead atoms. The maximum Gasteiger partial charge on any atom is 0.323 e. The summed E-state index contributed by atoms with van der Waals surface area (Å²) in [5.41, 5.74) is 0.190. The number of nitrogens with one attached hydrogen (secondary N) is 1. The summed E-state index contributed by atoms with van der Waals surface area (Å²) in [4.78, 5) is 14.4. The van der Waals surface area contributed by atoms with Gasteiger partial charge in [0.1, 0.15) is 29.5 Å². The molecule has 1 aromatic carbocycles. The molecule has 1 aromatic heterocycles. The van der Waals surface area contributed by atoms with Crippen LogP contribution in [0.2, 0.25) is 0 Å². The van der Waals surface area contributed by atoms with Gasteiger partial charge in [-0.25, -0.2) is 18.3 Å². The minimum Gasteiger partial charge on any atom is -0.497 e. The number of urea groups is 1. The Bertz CT molecular complexity index is 823. The number of alkyl halides is 2. The molecule has 2 amide bonds. The monoisotopic (exact) mass is 380 g/mol. The lowest BCUT2D eigenvalue weighted by molar-refractivity contribution is 0.0832. The van der Waals surface area contributed by atoms with Crippen molar-refractivity contribution in [3.63, 3.8) is 0 Å². The van der Waals surface area contributed by atoms with Gasteiger partial charge in [0.15, 0.2) is 0 Å². The molecule has 2 aromatic rings. The first-order valence-corrected chi connectivity index (χ1v) is 8.49. The lowest BCUT2D eigenvalue weighted by atomic mass is 10.1. The number of nitrogens with zero attached hydrogens (tertiary/aromatic N) is 3. The lowest BCUT2D eigenvalue weighted by Crippen LogP contribution is -2.45. The van der Waals surface area contributed by atoms with Gasteiger partial charge in [-0.15, -0.1) is 0 Å². The molecule has 3 rings (SSSR count). The number of benzene rings is 1. The maximum absolute atomic E-state index is 12.8. The van der Waals surface area contributed by atoms with E-state index in [1.54, 1.807) is 24.1 Å². The van der Waals surface area contributed by atoms with Gasteiger partial charge in [0, 0.05) is 17.7 Å². The molecule has 0 aliphatic carbocycles. The number of amides is 2. The SMILES string of the molecule is COc1ccc2c(c1)OC(C)(C)CN(C(=O)Nc1ccnn1CC(F)F)C2. The van der Waals surface area contributed by atoms with E-state index >= 15 is 0 Å². The highest BCUT2D eigenvalue weighted by Crippen LogP contribution is 2.32. The fraction of sp³-hybridized carbons (Fsp3) is 0.444. The molecule has 0 atom stereocenters. The van der Waals surface area contributed by atoms with Gasteiger partial charge in [0.2, 0.25) is 0 Å². The number of rotatable bonds is 4. The average molecular weight is 380 g/mol. The number of carbonyl (C=O) groups excluding carboxylic acids is 1. The van der Waals surface area contributed by atoms with Crippen molar-refractivity contribution in [1.82, 2.24) is 14.7 Å². The van der Waals surface area contributed by atoms with Crippen molar-refractivity contribution in [2.75, 3.05) is 19.0 Å². The molecule has 0 saturated heterocycles. The molecule has 9 heteroatoms. The number of hydrogen-bond acceptors (Lipinski definition) is 4. The van der Waals surface area contributed by atoms with E-state index in [1.807, 2.05) is 19.9 Å². The number of fused-ring (bicyclic) bond motifs is 1. The van der Waals surface area contributed by atoms with E-state index in [1.165, 1.54) is 12.3 Å². The number of halogens is 2. The first-order chi connectivity index (χ1) is 12.8. The Morgan fingerprint density at radius 3 is 2.89 bits per heavy atom. The normalized spacial score (nSPS) is 15.7. The Morgan fingerprint density at radius 2 is 2.19 bits per heavy atom. The summed E-state index contributed by atoms with van der Waals surface area (Å²) in [6, 6.07) is 6.51. The lowest BCUT2D eigenvalue weighted by Gasteiger charge is -2.29. The average Bonchev–Trinajstić information content (AvgIpc) is 2.94. The van der Waals surface area contributed by atoms with Crippen LogP contribution in [0.3, 0.4) is 0 Å². The molecule has 0 spiro atoms. The van der Waals surface area contributed by atoms with Crippen molar-refractivity contribution in [2.24, 2.45) is 0 Å². The van der Waals surface area contributed by atoms with Gasteiger partial charge in [-0.3, -0.25) is 5.32 Å². The topological polar surface area (TPSA) is 68.6 Å². The van der Waals surface area contributed by atoms with E-state index in [-0.39, 0.29) is 5.82 Å². The third-order valence-electron chi connectivity index (χ3n) is 4.14. The molecule has 0 fully saturated rings. The van der Waals surface area contributed by atoms with Gasteiger partial charge >= 0.3 is 6.03 Å². The van der Waals surface area contributed by atoms with E-state index in [2.05, 4.69) is 10.4 Å². The molecule has 0 saturated carbocycles. The maximum atomic E-state index is 12.8. The fourth-order valence-electron chi connectivity index (χ4n) is 2.99. The van der Waals surface area contributed by atoms with Gasteiger partial charge in [-0.05, 0) is 26.0 Å². The predicted molar refractivity (Wildman–Crippen MR) is 95.4 cm³/mol. The van der Waals surface area contributed by atoms with Crippen molar-refractivity contribution in [2.45, 2.75) is 39.0 Å². The number of anilines is 1. The Labute approximate surface area is 155 Å². The first-order valence-electron chi connectivity index (χ1n) is 8.49. The summed E-state index contributed by atoms with van der Waals surface area (Å²) >= 11 is 0. The molecule has 27 heavy (non-hydrogen) atoms. The minimum absolute atomic E-state index is 0.221. The first kappa shape index (κ1) is 18.9. The summed E-state index contributed by atoms with van der Waals surface area (Å²) in [5.74, 6) is 1.54. The van der Waals surface area contributed by atoms with Gasteiger partial charge < -0.3 is 14.4 Å². The standard InChI is InChI=1S/C18H22F2N4O3/c1-18(2)11-23(9-12-4-5-13(26-3)8-14(12)27-18)17(25)22-16-6-7-21-24(16)10-15(19)20/h4-8,15H,9-11H2,1-3H3,(H,22,25). The molecule has 0 radical (unpaired) electrons. The van der Waals surface area contributed by atoms with E-state index in [4.69, 9.17) is 9.47 Å². The van der Waals surface area contributed by atoms with Gasteiger partial charge in [0.05, 0.1) is 26.4 Å². The smallest absolute Gasteiger partial charge is 0.323 e. The second kappa shape index (κ2) is 7.42. The van der Waals surface area contributed by atoms with Gasteiger partial charge in [-0.2, -0.15) is 5.10 Å². The number of carbonyl (C=O) groups is 1. The van der Waals surface area contributed by atoms with Crippen molar-refractivity contribution in [1.29, 1.82) is 0 Å². The van der Waals surface area contributed by atoms with Gasteiger partial charge in [-0.1, -0.05) is 0 Å². The number of ether oxygens (including phenoxy) is 2. The second-order valence-electron chi connectivity index (χ2n) is 6.91. The number of aromatic nitrogens is 2. The van der Waals surface area contributed by atoms with Crippen LogP contribution in [-0.4, -0.2) is 46.4 Å². The zero-order chi connectivity index (χ0) is 19.6. The summed E-state index contributed by atoms with van der Waals surface area (Å²) in [6.45, 7) is 3.81. The van der Waals surface area contributed by atoms with Crippen LogP contribution >= 0.6 is 0 Å². The van der Waals surface area contributed by atoms with E-state index < -0.39 is 24.6 Å². The van der Waals surface area contributed by atoms with Crippen molar-refractivity contribution in [3.8, 4) is 11.5 Å². The molecule has 2 heterocycles. The number of hydrogen-bond donors (Lipinski definition) is 1. The van der Waals surface area contributed by atoms with Crippen LogP contribution in [0.5, 0.6) is 11.5 Å².